The first-order valence-corrected chi connectivity index (χ1v) is 9.99. The number of rotatable bonds is 5. The molecule has 0 saturated carbocycles. The molecule has 1 aliphatic rings. The van der Waals surface area contributed by atoms with E-state index in [1.54, 1.807) is 17.0 Å². The lowest BCUT2D eigenvalue weighted by atomic mass is 9.98. The van der Waals surface area contributed by atoms with Crippen molar-refractivity contribution in [1.29, 1.82) is 0 Å². The standard InChI is InChI=1S/C24H24N2O3/c1-2-4-17-6-8-19(9-7-17)23(27)25-21-11-10-18-12-13-26(16-20(18)15-21)24(28)22-5-3-14-29-22/h3,5-11,14-15H,2,4,12-13,16H2,1H3,(H,25,27). The van der Waals surface area contributed by atoms with Gasteiger partial charge in [-0.15, -0.1) is 0 Å². The normalized spacial score (nSPS) is 13.1. The average molecular weight is 388 g/mol. The quantitative estimate of drug-likeness (QED) is 0.690. The first kappa shape index (κ1) is 19.0. The van der Waals surface area contributed by atoms with E-state index < -0.39 is 0 Å². The van der Waals surface area contributed by atoms with Crippen molar-refractivity contribution in [3.05, 3.63) is 88.9 Å². The van der Waals surface area contributed by atoms with Gasteiger partial charge in [-0.1, -0.05) is 31.5 Å². The molecule has 1 N–H and O–H groups in total. The molecule has 3 aromatic rings. The van der Waals surface area contributed by atoms with E-state index in [1.807, 2.05) is 42.5 Å². The average Bonchev–Trinajstić information content (AvgIpc) is 3.28. The lowest BCUT2D eigenvalue weighted by Crippen LogP contribution is -2.35. The van der Waals surface area contributed by atoms with Gasteiger partial charge in [0.15, 0.2) is 5.76 Å². The smallest absolute Gasteiger partial charge is 0.289 e. The summed E-state index contributed by atoms with van der Waals surface area (Å²) in [5, 5.41) is 2.97. The molecule has 2 aromatic carbocycles. The zero-order valence-corrected chi connectivity index (χ0v) is 16.5. The fraction of sp³-hybridized carbons (Fsp3) is 0.250. The maximum Gasteiger partial charge on any atom is 0.289 e. The van der Waals surface area contributed by atoms with Crippen LogP contribution >= 0.6 is 0 Å². The monoisotopic (exact) mass is 388 g/mol. The molecule has 2 amide bonds. The van der Waals surface area contributed by atoms with E-state index in [-0.39, 0.29) is 11.8 Å². The molecule has 0 aliphatic carbocycles. The number of carbonyl (C=O) groups excluding carboxylic acids is 2. The number of fused-ring (bicyclic) bond motifs is 1. The first-order valence-electron chi connectivity index (χ1n) is 9.99. The van der Waals surface area contributed by atoms with Gasteiger partial charge in [0.25, 0.3) is 11.8 Å². The summed E-state index contributed by atoms with van der Waals surface area (Å²) >= 11 is 0. The lowest BCUT2D eigenvalue weighted by molar-refractivity contribution is 0.0702. The van der Waals surface area contributed by atoms with Crippen molar-refractivity contribution in [1.82, 2.24) is 4.90 Å². The number of benzene rings is 2. The molecule has 2 heterocycles. The van der Waals surface area contributed by atoms with E-state index in [9.17, 15) is 9.59 Å². The largest absolute Gasteiger partial charge is 0.459 e. The fourth-order valence-corrected chi connectivity index (χ4v) is 3.68. The van der Waals surface area contributed by atoms with Gasteiger partial charge in [0, 0.05) is 24.3 Å². The number of hydrogen-bond acceptors (Lipinski definition) is 3. The topological polar surface area (TPSA) is 62.6 Å². The van der Waals surface area contributed by atoms with Crippen molar-refractivity contribution in [2.24, 2.45) is 0 Å². The third kappa shape index (κ3) is 4.24. The van der Waals surface area contributed by atoms with Crippen LogP contribution in [-0.4, -0.2) is 23.3 Å². The Kier molecular flexibility index (Phi) is 5.47. The molecule has 0 bridgehead atoms. The molecule has 29 heavy (non-hydrogen) atoms. The Morgan fingerprint density at radius 1 is 1.07 bits per heavy atom. The zero-order chi connectivity index (χ0) is 20.2. The third-order valence-corrected chi connectivity index (χ3v) is 5.25. The van der Waals surface area contributed by atoms with Gasteiger partial charge in [-0.2, -0.15) is 0 Å². The lowest BCUT2D eigenvalue weighted by Gasteiger charge is -2.28. The molecule has 0 saturated heterocycles. The van der Waals surface area contributed by atoms with Gasteiger partial charge in [-0.25, -0.2) is 0 Å². The van der Waals surface area contributed by atoms with Crippen LogP contribution in [0.3, 0.4) is 0 Å². The van der Waals surface area contributed by atoms with Crippen molar-refractivity contribution >= 4 is 17.5 Å². The molecule has 1 aromatic heterocycles. The van der Waals surface area contributed by atoms with Crippen LogP contribution in [0.4, 0.5) is 5.69 Å². The van der Waals surface area contributed by atoms with Gasteiger partial charge < -0.3 is 14.6 Å². The number of nitrogens with zero attached hydrogens (tertiary/aromatic N) is 1. The minimum absolute atomic E-state index is 0.109. The van der Waals surface area contributed by atoms with Gasteiger partial charge in [0.1, 0.15) is 0 Å². The molecule has 5 heteroatoms. The maximum absolute atomic E-state index is 12.6. The summed E-state index contributed by atoms with van der Waals surface area (Å²) in [6.07, 6.45) is 4.39. The number of hydrogen-bond donors (Lipinski definition) is 1. The Bertz CT molecular complexity index is 1010. The van der Waals surface area contributed by atoms with E-state index in [0.29, 0.717) is 24.4 Å². The SMILES string of the molecule is CCCc1ccc(C(=O)Nc2ccc3c(c2)CN(C(=O)c2ccco2)CC3)cc1. The maximum atomic E-state index is 12.6. The highest BCUT2D eigenvalue weighted by Gasteiger charge is 2.23. The second kappa shape index (κ2) is 8.35. The van der Waals surface area contributed by atoms with E-state index in [1.165, 1.54) is 17.4 Å². The number of furan rings is 1. The highest BCUT2D eigenvalue weighted by atomic mass is 16.3. The van der Waals surface area contributed by atoms with Gasteiger partial charge >= 0.3 is 0 Å². The molecular weight excluding hydrogens is 364 g/mol. The number of nitrogens with one attached hydrogen (secondary N) is 1. The van der Waals surface area contributed by atoms with Crippen LogP contribution in [-0.2, 0) is 19.4 Å². The van der Waals surface area contributed by atoms with Crippen molar-refractivity contribution in [3.63, 3.8) is 0 Å². The second-order valence-electron chi connectivity index (χ2n) is 7.34. The van der Waals surface area contributed by atoms with Crippen molar-refractivity contribution in [2.45, 2.75) is 32.7 Å². The van der Waals surface area contributed by atoms with Crippen LogP contribution in [0, 0.1) is 0 Å². The summed E-state index contributed by atoms with van der Waals surface area (Å²) in [4.78, 5) is 26.9. The number of anilines is 1. The predicted octanol–water partition coefficient (Wildman–Crippen LogP) is 4.68. The third-order valence-electron chi connectivity index (χ3n) is 5.25. The Labute approximate surface area is 170 Å². The van der Waals surface area contributed by atoms with Crippen molar-refractivity contribution in [3.8, 4) is 0 Å². The van der Waals surface area contributed by atoms with Crippen LogP contribution in [0.25, 0.3) is 0 Å². The molecule has 0 spiro atoms. The molecule has 1 aliphatic heterocycles. The Morgan fingerprint density at radius 3 is 2.62 bits per heavy atom. The number of amides is 2. The summed E-state index contributed by atoms with van der Waals surface area (Å²) in [5.41, 5.74) is 4.86. The molecular formula is C24H24N2O3. The minimum atomic E-state index is -0.132. The zero-order valence-electron chi connectivity index (χ0n) is 16.5. The highest BCUT2D eigenvalue weighted by Crippen LogP contribution is 2.24. The van der Waals surface area contributed by atoms with Gasteiger partial charge in [0.05, 0.1) is 6.26 Å². The van der Waals surface area contributed by atoms with Gasteiger partial charge in [0.2, 0.25) is 0 Å². The Hall–Kier alpha value is -3.34. The second-order valence-corrected chi connectivity index (χ2v) is 7.34. The van der Waals surface area contributed by atoms with Gasteiger partial charge in [-0.05, 0) is 65.9 Å². The fourth-order valence-electron chi connectivity index (χ4n) is 3.68. The molecule has 0 fully saturated rings. The van der Waals surface area contributed by atoms with Crippen LogP contribution in [0.5, 0.6) is 0 Å². The molecule has 0 atom stereocenters. The van der Waals surface area contributed by atoms with Crippen LogP contribution in [0.15, 0.2) is 65.3 Å². The highest BCUT2D eigenvalue weighted by molar-refractivity contribution is 6.04. The molecule has 4 rings (SSSR count). The van der Waals surface area contributed by atoms with Crippen LogP contribution < -0.4 is 5.32 Å². The summed E-state index contributed by atoms with van der Waals surface area (Å²) in [5.74, 6) is 0.110. The number of aryl methyl sites for hydroxylation is 1. The van der Waals surface area contributed by atoms with E-state index in [0.717, 1.165) is 30.5 Å². The van der Waals surface area contributed by atoms with E-state index >= 15 is 0 Å². The van der Waals surface area contributed by atoms with Crippen molar-refractivity contribution in [2.75, 3.05) is 11.9 Å². The van der Waals surface area contributed by atoms with E-state index in [4.69, 9.17) is 4.42 Å². The van der Waals surface area contributed by atoms with Crippen LogP contribution in [0.2, 0.25) is 0 Å². The number of carbonyl (C=O) groups is 2. The van der Waals surface area contributed by atoms with E-state index in [2.05, 4.69) is 12.2 Å². The molecule has 0 radical (unpaired) electrons. The summed E-state index contributed by atoms with van der Waals surface area (Å²) in [6, 6.07) is 17.0. The Balaban J connectivity index is 1.46. The van der Waals surface area contributed by atoms with Gasteiger partial charge in [-0.3, -0.25) is 9.59 Å². The predicted molar refractivity (Wildman–Crippen MR) is 112 cm³/mol. The summed E-state index contributed by atoms with van der Waals surface area (Å²) in [7, 11) is 0. The van der Waals surface area contributed by atoms with Crippen LogP contribution in [0.1, 0.15) is 50.9 Å². The molecule has 0 unspecified atom stereocenters. The first-order chi connectivity index (χ1) is 14.1. The molecule has 5 nitrogen and oxygen atoms in total. The van der Waals surface area contributed by atoms with Crippen molar-refractivity contribution < 1.29 is 14.0 Å². The Morgan fingerprint density at radius 2 is 1.90 bits per heavy atom. The molecule has 148 valence electrons. The summed E-state index contributed by atoms with van der Waals surface area (Å²) < 4.78 is 5.24. The summed E-state index contributed by atoms with van der Waals surface area (Å²) in [6.45, 7) is 3.30. The minimum Gasteiger partial charge on any atom is -0.459 e.